The molecule has 0 aliphatic rings. The van der Waals surface area contributed by atoms with Crippen LogP contribution in [0.1, 0.15) is 12.6 Å². The molecule has 2 radical (unpaired) electrons. The maximum Gasteiger partial charge on any atom is 0.431 e. The van der Waals surface area contributed by atoms with Crippen molar-refractivity contribution in [3.8, 4) is 23.1 Å². The van der Waals surface area contributed by atoms with Gasteiger partial charge >= 0.3 is 11.9 Å². The molecule has 7 nitrogen and oxygen atoms in total. The minimum atomic E-state index is -4.95. The van der Waals surface area contributed by atoms with Crippen LogP contribution >= 0.6 is 11.6 Å². The van der Waals surface area contributed by atoms with Crippen LogP contribution in [0.15, 0.2) is 46.1 Å². The minimum Gasteiger partial charge on any atom is -0.649 e. The molecule has 0 aliphatic heterocycles. The van der Waals surface area contributed by atoms with Crippen LogP contribution in [0.5, 0.6) is 17.4 Å². The molecule has 0 saturated carbocycles. The van der Waals surface area contributed by atoms with E-state index in [-0.39, 0.29) is 71.2 Å². The van der Waals surface area contributed by atoms with Crippen LogP contribution in [0, 0.1) is 19.9 Å². The van der Waals surface area contributed by atoms with Crippen LogP contribution in [0.3, 0.4) is 0 Å². The summed E-state index contributed by atoms with van der Waals surface area (Å²) >= 11 is 5.97. The topological polar surface area (TPSA) is 75.3 Å². The van der Waals surface area contributed by atoms with Gasteiger partial charge in [-0.2, -0.15) is 27.2 Å². The molecule has 0 N–H and O–H groups in total. The van der Waals surface area contributed by atoms with Crippen LogP contribution in [0.2, 0.25) is 5.02 Å². The van der Waals surface area contributed by atoms with Gasteiger partial charge in [-0.05, 0) is 18.2 Å². The first-order chi connectivity index (χ1) is 15.0. The van der Waals surface area contributed by atoms with Crippen LogP contribution in [-0.2, 0) is 46.8 Å². The molecule has 0 saturated heterocycles. The molecular weight excluding hydrogens is 576 g/mol. The normalized spacial score (nSPS) is 10.3. The standard InChI is InChI=1S/C18H11ClF4N3O4.C2H5.2Co/c1-25-14(18(21,22)23)8-15(27)26(17(25)28)11-7-13(9(19)6-10(11)20)30-12-4-3-5-24-16(12)29-2;1-2;;/h3-8H,2H2,1H3;1H2,2H3;;/q2*-1;;. The summed E-state index contributed by atoms with van der Waals surface area (Å²) in [6, 6.07) is 4.75. The molecule has 3 aromatic rings. The molecule has 0 unspecified atom stereocenters. The van der Waals surface area contributed by atoms with Gasteiger partial charge in [0.25, 0.3) is 5.56 Å². The monoisotopic (exact) mass is 591 g/mol. The average molecular weight is 592 g/mol. The van der Waals surface area contributed by atoms with Gasteiger partial charge in [0.2, 0.25) is 5.88 Å². The fourth-order valence-corrected chi connectivity index (χ4v) is 2.76. The number of benzene rings is 1. The molecule has 0 atom stereocenters. The molecule has 1 aromatic carbocycles. The van der Waals surface area contributed by atoms with Crippen LogP contribution in [0.25, 0.3) is 5.69 Å². The van der Waals surface area contributed by atoms with E-state index in [4.69, 9.17) is 21.1 Å². The zero-order chi connectivity index (χ0) is 24.2. The van der Waals surface area contributed by atoms with E-state index in [9.17, 15) is 27.2 Å². The summed E-state index contributed by atoms with van der Waals surface area (Å²) in [7, 11) is 4.01. The first kappa shape index (κ1) is 31.7. The van der Waals surface area contributed by atoms with Crippen molar-refractivity contribution in [1.82, 2.24) is 14.1 Å². The van der Waals surface area contributed by atoms with Crippen molar-refractivity contribution in [2.75, 3.05) is 0 Å². The van der Waals surface area contributed by atoms with Gasteiger partial charge in [0.15, 0.2) is 5.75 Å². The Morgan fingerprint density at radius 2 is 1.71 bits per heavy atom. The second-order valence-corrected chi connectivity index (χ2v) is 6.24. The number of aromatic nitrogens is 3. The number of rotatable bonds is 4. The molecule has 0 spiro atoms. The summed E-state index contributed by atoms with van der Waals surface area (Å²) in [6.07, 6.45) is -3.57. The second kappa shape index (κ2) is 12.9. The number of nitrogens with zero attached hydrogens (tertiary/aromatic N) is 3. The molecule has 0 bridgehead atoms. The Kier molecular flexibility index (Phi) is 12.1. The van der Waals surface area contributed by atoms with Crippen LogP contribution in [-0.4, -0.2) is 14.1 Å². The SMILES string of the molecule is [CH2-]C.[CH2-]Oc1ncccc1Oc1cc(-n2c(=O)cc(C(F)(F)F)n(C)c2=O)c(F)cc1Cl.[Co].[Co]. The van der Waals surface area contributed by atoms with Crippen LogP contribution in [0.4, 0.5) is 17.6 Å². The predicted molar refractivity (Wildman–Crippen MR) is 109 cm³/mol. The average Bonchev–Trinajstić information content (AvgIpc) is 2.74. The minimum absolute atomic E-state index is 0. The van der Waals surface area contributed by atoms with E-state index >= 15 is 0 Å². The third-order valence-corrected chi connectivity index (χ3v) is 4.24. The van der Waals surface area contributed by atoms with Gasteiger partial charge in [-0.15, -0.1) is 0 Å². The second-order valence-electron chi connectivity index (χ2n) is 5.83. The molecule has 0 amide bonds. The molecule has 14 heteroatoms. The zero-order valence-corrected chi connectivity index (χ0v) is 20.2. The van der Waals surface area contributed by atoms with Gasteiger partial charge in [0, 0.05) is 58.9 Å². The summed E-state index contributed by atoms with van der Waals surface area (Å²) in [4.78, 5) is 28.5. The number of ether oxygens (including phenoxy) is 2. The zero-order valence-electron chi connectivity index (χ0n) is 17.4. The molecule has 3 rings (SSSR count). The van der Waals surface area contributed by atoms with E-state index in [1.165, 1.54) is 18.3 Å². The largest absolute Gasteiger partial charge is 0.649 e. The van der Waals surface area contributed by atoms with Crippen molar-refractivity contribution >= 4 is 11.6 Å². The van der Waals surface area contributed by atoms with E-state index in [1.54, 1.807) is 6.92 Å². The van der Waals surface area contributed by atoms with Gasteiger partial charge in [0.05, 0.1) is 10.7 Å². The molecule has 34 heavy (non-hydrogen) atoms. The molecular formula is C20H16ClCo2F4N3O4-2. The fourth-order valence-electron chi connectivity index (χ4n) is 2.57. The predicted octanol–water partition coefficient (Wildman–Crippen LogP) is 4.54. The molecule has 0 aliphatic carbocycles. The van der Waals surface area contributed by atoms with Crippen molar-refractivity contribution in [3.63, 3.8) is 0 Å². The molecule has 0 fully saturated rings. The molecule has 190 valence electrons. The number of hydrogen-bond acceptors (Lipinski definition) is 5. The van der Waals surface area contributed by atoms with Gasteiger partial charge in [0.1, 0.15) is 17.3 Å². The van der Waals surface area contributed by atoms with Gasteiger partial charge in [-0.25, -0.2) is 18.7 Å². The number of alkyl halides is 3. The van der Waals surface area contributed by atoms with Gasteiger partial charge in [-0.1, -0.05) is 11.6 Å². The van der Waals surface area contributed by atoms with Crippen LogP contribution < -0.4 is 20.7 Å². The first-order valence-corrected chi connectivity index (χ1v) is 9.07. The maximum atomic E-state index is 14.5. The maximum absolute atomic E-state index is 14.5. The Morgan fingerprint density at radius 3 is 2.26 bits per heavy atom. The number of pyridine rings is 1. The number of halogens is 5. The molecule has 2 heterocycles. The number of hydrogen-bond donors (Lipinski definition) is 0. The smallest absolute Gasteiger partial charge is 0.431 e. The summed E-state index contributed by atoms with van der Waals surface area (Å²) < 4.78 is 64.2. The Bertz CT molecular complexity index is 1250. The Morgan fingerprint density at radius 1 is 1.09 bits per heavy atom. The summed E-state index contributed by atoms with van der Waals surface area (Å²) in [5.41, 5.74) is -4.94. The summed E-state index contributed by atoms with van der Waals surface area (Å²) in [5.74, 6) is -1.36. The van der Waals surface area contributed by atoms with Crippen molar-refractivity contribution in [2.24, 2.45) is 7.05 Å². The van der Waals surface area contributed by atoms with Crippen molar-refractivity contribution in [2.45, 2.75) is 13.1 Å². The van der Waals surface area contributed by atoms with Crippen molar-refractivity contribution in [3.05, 3.63) is 87.9 Å². The van der Waals surface area contributed by atoms with Crippen molar-refractivity contribution < 1.29 is 60.6 Å². The Balaban J connectivity index is 0.00000265. The fraction of sp³-hybridized carbons (Fsp3) is 0.150. The Labute approximate surface area is 217 Å². The van der Waals surface area contributed by atoms with E-state index in [1.807, 2.05) is 0 Å². The van der Waals surface area contributed by atoms with Gasteiger partial charge in [-0.3, -0.25) is 9.36 Å². The third kappa shape index (κ3) is 6.63. The van der Waals surface area contributed by atoms with E-state index in [0.29, 0.717) is 0 Å². The third-order valence-electron chi connectivity index (χ3n) is 3.95. The van der Waals surface area contributed by atoms with E-state index < -0.39 is 34.6 Å². The van der Waals surface area contributed by atoms with E-state index in [0.717, 1.165) is 19.2 Å². The van der Waals surface area contributed by atoms with Gasteiger partial charge < -0.3 is 16.4 Å². The molecule has 2 aromatic heterocycles. The van der Waals surface area contributed by atoms with E-state index in [2.05, 4.69) is 19.0 Å². The quantitative estimate of drug-likeness (QED) is 0.329. The first-order valence-electron chi connectivity index (χ1n) is 8.70. The summed E-state index contributed by atoms with van der Waals surface area (Å²) in [6.45, 7) is 5.00. The Hall–Kier alpha value is -2.33. The van der Waals surface area contributed by atoms with Crippen molar-refractivity contribution in [1.29, 1.82) is 0 Å². The summed E-state index contributed by atoms with van der Waals surface area (Å²) in [5, 5.41) is -0.244.